The molecular weight excluding hydrogens is 218 g/mol. The Balaban J connectivity index is 2.39. The summed E-state index contributed by atoms with van der Waals surface area (Å²) in [4.78, 5) is 0. The van der Waals surface area contributed by atoms with Gasteiger partial charge in [0.15, 0.2) is 0 Å². The molecule has 0 aliphatic carbocycles. The Morgan fingerprint density at radius 1 is 1.35 bits per heavy atom. The molecule has 0 amide bonds. The van der Waals surface area contributed by atoms with Crippen molar-refractivity contribution in [2.24, 2.45) is 7.05 Å². The Bertz CT molecular complexity index is 502. The number of aromatic nitrogens is 5. The predicted molar refractivity (Wildman–Crippen MR) is 62.3 cm³/mol. The van der Waals surface area contributed by atoms with Crippen molar-refractivity contribution < 1.29 is 5.11 Å². The Kier molecular flexibility index (Phi) is 3.23. The third-order valence-electron chi connectivity index (χ3n) is 2.83. The molecule has 0 fully saturated rings. The molecule has 0 spiro atoms. The fraction of sp³-hybridized carbons (Fsp3) is 0.545. The number of aliphatic hydroxyl groups excluding tert-OH is 1. The van der Waals surface area contributed by atoms with Gasteiger partial charge in [-0.05, 0) is 19.4 Å². The summed E-state index contributed by atoms with van der Waals surface area (Å²) in [7, 11) is 1.76. The van der Waals surface area contributed by atoms with Crippen molar-refractivity contribution in [2.45, 2.75) is 32.9 Å². The summed E-state index contributed by atoms with van der Waals surface area (Å²) in [6, 6.07) is 1.93. The van der Waals surface area contributed by atoms with Gasteiger partial charge in [-0.2, -0.15) is 5.10 Å². The largest absolute Gasteiger partial charge is 0.380 e. The van der Waals surface area contributed by atoms with Crippen molar-refractivity contribution in [2.75, 3.05) is 0 Å². The lowest BCUT2D eigenvalue weighted by Crippen LogP contribution is -2.12. The monoisotopic (exact) mass is 235 g/mol. The zero-order valence-electron chi connectivity index (χ0n) is 10.3. The first-order valence-corrected chi connectivity index (χ1v) is 5.76. The van der Waals surface area contributed by atoms with Crippen LogP contribution in [0.2, 0.25) is 0 Å². The molecule has 17 heavy (non-hydrogen) atoms. The number of aliphatic hydroxyl groups is 1. The van der Waals surface area contributed by atoms with Crippen molar-refractivity contribution in [3.63, 3.8) is 0 Å². The molecule has 0 aliphatic rings. The first kappa shape index (κ1) is 11.8. The smallest absolute Gasteiger partial charge is 0.139 e. The second-order valence-corrected chi connectivity index (χ2v) is 3.91. The Labute approximate surface area is 99.9 Å². The molecule has 2 heterocycles. The Hall–Kier alpha value is -1.69. The van der Waals surface area contributed by atoms with Crippen LogP contribution in [0.5, 0.6) is 0 Å². The summed E-state index contributed by atoms with van der Waals surface area (Å²) in [6.45, 7) is 4.78. The van der Waals surface area contributed by atoms with Crippen molar-refractivity contribution >= 4 is 0 Å². The minimum atomic E-state index is -0.734. The van der Waals surface area contributed by atoms with Gasteiger partial charge in [-0.15, -0.1) is 5.10 Å². The van der Waals surface area contributed by atoms with E-state index in [1.165, 1.54) is 0 Å². The molecule has 1 N–H and O–H groups in total. The van der Waals surface area contributed by atoms with Crippen LogP contribution in [0.15, 0.2) is 12.3 Å². The molecule has 2 aromatic rings. The Morgan fingerprint density at radius 3 is 2.65 bits per heavy atom. The number of aryl methyl sites for hydroxylation is 3. The molecule has 1 unspecified atom stereocenters. The van der Waals surface area contributed by atoms with E-state index in [1.54, 1.807) is 17.9 Å². The average molecular weight is 235 g/mol. The van der Waals surface area contributed by atoms with E-state index < -0.39 is 6.10 Å². The maximum absolute atomic E-state index is 10.3. The van der Waals surface area contributed by atoms with E-state index in [2.05, 4.69) is 15.4 Å². The lowest BCUT2D eigenvalue weighted by atomic mass is 10.1. The lowest BCUT2D eigenvalue weighted by molar-refractivity contribution is 0.198. The van der Waals surface area contributed by atoms with Gasteiger partial charge in [0.1, 0.15) is 6.10 Å². The second-order valence-electron chi connectivity index (χ2n) is 3.91. The van der Waals surface area contributed by atoms with Gasteiger partial charge in [-0.25, -0.2) is 4.68 Å². The van der Waals surface area contributed by atoms with Crippen LogP contribution in [0.25, 0.3) is 0 Å². The second kappa shape index (κ2) is 4.67. The Morgan fingerprint density at radius 2 is 2.12 bits per heavy atom. The summed E-state index contributed by atoms with van der Waals surface area (Å²) >= 11 is 0. The van der Waals surface area contributed by atoms with Gasteiger partial charge < -0.3 is 5.11 Å². The zero-order valence-corrected chi connectivity index (χ0v) is 10.3. The zero-order chi connectivity index (χ0) is 12.4. The van der Waals surface area contributed by atoms with Crippen LogP contribution in [-0.4, -0.2) is 29.9 Å². The topological polar surface area (TPSA) is 68.8 Å². The van der Waals surface area contributed by atoms with E-state index in [4.69, 9.17) is 0 Å². The molecule has 2 rings (SSSR count). The van der Waals surface area contributed by atoms with E-state index in [9.17, 15) is 5.11 Å². The van der Waals surface area contributed by atoms with Crippen LogP contribution in [0, 0.1) is 0 Å². The molecule has 0 aliphatic heterocycles. The molecule has 1 atom stereocenters. The van der Waals surface area contributed by atoms with E-state index in [-0.39, 0.29) is 0 Å². The summed E-state index contributed by atoms with van der Waals surface area (Å²) in [6.07, 6.45) is 1.70. The summed E-state index contributed by atoms with van der Waals surface area (Å²) in [5.74, 6) is 0. The summed E-state index contributed by atoms with van der Waals surface area (Å²) in [5, 5.41) is 22.3. The fourth-order valence-corrected chi connectivity index (χ4v) is 1.83. The number of nitrogens with zero attached hydrogens (tertiary/aromatic N) is 5. The molecule has 2 aromatic heterocycles. The molecule has 0 aromatic carbocycles. The molecule has 6 heteroatoms. The van der Waals surface area contributed by atoms with Gasteiger partial charge in [0.25, 0.3) is 0 Å². The first-order chi connectivity index (χ1) is 8.17. The number of hydrogen-bond acceptors (Lipinski definition) is 4. The van der Waals surface area contributed by atoms with E-state index >= 15 is 0 Å². The SMILES string of the molecule is CCc1cc(C(O)c2cnnn2C)n(CC)n1. The predicted octanol–water partition coefficient (Wildman–Crippen LogP) is 0.676. The molecule has 6 nitrogen and oxygen atoms in total. The normalized spacial score (nSPS) is 12.9. The van der Waals surface area contributed by atoms with Crippen molar-refractivity contribution in [3.05, 3.63) is 29.3 Å². The van der Waals surface area contributed by atoms with Crippen LogP contribution < -0.4 is 0 Å². The molecule has 92 valence electrons. The maximum Gasteiger partial charge on any atom is 0.139 e. The lowest BCUT2D eigenvalue weighted by Gasteiger charge is -2.11. The highest BCUT2D eigenvalue weighted by molar-refractivity contribution is 5.20. The van der Waals surface area contributed by atoms with Gasteiger partial charge in [0.05, 0.1) is 23.3 Å². The molecule has 0 radical (unpaired) electrons. The molecule has 0 saturated carbocycles. The quantitative estimate of drug-likeness (QED) is 0.846. The minimum absolute atomic E-state index is 0.669. The van der Waals surface area contributed by atoms with Gasteiger partial charge in [-0.1, -0.05) is 12.1 Å². The molecule has 0 bridgehead atoms. The summed E-state index contributed by atoms with van der Waals surface area (Å²) < 4.78 is 3.39. The standard InChI is InChI=1S/C11H17N5O/c1-4-8-6-9(16(5-2)13-8)11(17)10-7-12-14-15(10)3/h6-7,11,17H,4-5H2,1-3H3. The van der Waals surface area contributed by atoms with Crippen molar-refractivity contribution in [1.82, 2.24) is 24.8 Å². The van der Waals surface area contributed by atoms with Crippen molar-refractivity contribution in [1.29, 1.82) is 0 Å². The molecule has 0 saturated heterocycles. The number of rotatable bonds is 4. The fourth-order valence-electron chi connectivity index (χ4n) is 1.83. The highest BCUT2D eigenvalue weighted by Gasteiger charge is 2.19. The third-order valence-corrected chi connectivity index (χ3v) is 2.83. The first-order valence-electron chi connectivity index (χ1n) is 5.76. The maximum atomic E-state index is 10.3. The minimum Gasteiger partial charge on any atom is -0.380 e. The number of hydrogen-bond donors (Lipinski definition) is 1. The van der Waals surface area contributed by atoms with Gasteiger partial charge in [0, 0.05) is 13.6 Å². The van der Waals surface area contributed by atoms with Gasteiger partial charge >= 0.3 is 0 Å². The van der Waals surface area contributed by atoms with Crippen LogP contribution >= 0.6 is 0 Å². The molecular formula is C11H17N5O. The van der Waals surface area contributed by atoms with Crippen molar-refractivity contribution in [3.8, 4) is 0 Å². The van der Waals surface area contributed by atoms with Gasteiger partial charge in [0.2, 0.25) is 0 Å². The van der Waals surface area contributed by atoms with Gasteiger partial charge in [-0.3, -0.25) is 4.68 Å². The van der Waals surface area contributed by atoms with Crippen LogP contribution in [0.3, 0.4) is 0 Å². The highest BCUT2D eigenvalue weighted by atomic mass is 16.3. The highest BCUT2D eigenvalue weighted by Crippen LogP contribution is 2.21. The van der Waals surface area contributed by atoms with E-state index in [0.29, 0.717) is 5.69 Å². The van der Waals surface area contributed by atoms with Crippen LogP contribution in [0.4, 0.5) is 0 Å². The third kappa shape index (κ3) is 2.08. The van der Waals surface area contributed by atoms with E-state index in [0.717, 1.165) is 24.4 Å². The average Bonchev–Trinajstić information content (AvgIpc) is 2.93. The van der Waals surface area contributed by atoms with Crippen LogP contribution in [-0.2, 0) is 20.0 Å². The van der Waals surface area contributed by atoms with Crippen LogP contribution in [0.1, 0.15) is 37.0 Å². The van der Waals surface area contributed by atoms with E-state index in [1.807, 2.05) is 24.6 Å². The summed E-state index contributed by atoms with van der Waals surface area (Å²) in [5.41, 5.74) is 2.44.